The molecule has 1 N–H and O–H groups in total. The van der Waals surface area contributed by atoms with Gasteiger partial charge >= 0.3 is 0 Å². The van der Waals surface area contributed by atoms with Gasteiger partial charge in [-0.05, 0) is 72.0 Å². The van der Waals surface area contributed by atoms with Gasteiger partial charge in [0.15, 0.2) is 0 Å². The standard InChI is InChI=1S/C24H21N3O/c1-15-11-18-4-6-19(13-22(18)27-23(15)28)24(2,9-10-25)21-8-5-17-12-16(14-26)3-7-20(17)21/h3-4,6-7,11-13,21H,5,8-9H2,1-2H3,(H,27,28)/t21-,24-/m1/s1. The smallest absolute Gasteiger partial charge is 0.251 e. The van der Waals surface area contributed by atoms with Crippen LogP contribution in [0.5, 0.6) is 0 Å². The number of aromatic amines is 1. The summed E-state index contributed by atoms with van der Waals surface area (Å²) in [5, 5.41) is 19.8. The first kappa shape index (κ1) is 18.0. The van der Waals surface area contributed by atoms with Gasteiger partial charge in [0.2, 0.25) is 0 Å². The molecule has 0 aliphatic heterocycles. The van der Waals surface area contributed by atoms with E-state index in [1.807, 2.05) is 36.4 Å². The Hall–Kier alpha value is -3.37. The Bertz CT molecular complexity index is 1230. The van der Waals surface area contributed by atoms with Gasteiger partial charge in [0.25, 0.3) is 5.56 Å². The van der Waals surface area contributed by atoms with Gasteiger partial charge in [-0.15, -0.1) is 0 Å². The molecule has 0 fully saturated rings. The number of hydrogen-bond donors (Lipinski definition) is 1. The van der Waals surface area contributed by atoms with E-state index >= 15 is 0 Å². The Morgan fingerprint density at radius 3 is 2.75 bits per heavy atom. The molecule has 0 bridgehead atoms. The molecule has 0 saturated heterocycles. The molecule has 4 heteroatoms. The van der Waals surface area contributed by atoms with Crippen molar-refractivity contribution in [1.29, 1.82) is 10.5 Å². The van der Waals surface area contributed by atoms with Crippen LogP contribution in [0.3, 0.4) is 0 Å². The van der Waals surface area contributed by atoms with Gasteiger partial charge in [-0.1, -0.05) is 25.1 Å². The molecule has 138 valence electrons. The minimum Gasteiger partial charge on any atom is -0.322 e. The number of nitrogens with one attached hydrogen (secondary N) is 1. The fraction of sp³-hybridized carbons (Fsp3) is 0.292. The maximum Gasteiger partial charge on any atom is 0.251 e. The highest BCUT2D eigenvalue weighted by molar-refractivity contribution is 5.80. The number of fused-ring (bicyclic) bond motifs is 2. The fourth-order valence-corrected chi connectivity index (χ4v) is 4.60. The molecular formula is C24H21N3O. The summed E-state index contributed by atoms with van der Waals surface area (Å²) in [7, 11) is 0. The average Bonchev–Trinajstić information content (AvgIpc) is 3.12. The molecule has 0 amide bonds. The zero-order chi connectivity index (χ0) is 19.9. The van der Waals surface area contributed by atoms with Crippen LogP contribution in [-0.4, -0.2) is 4.98 Å². The molecule has 1 heterocycles. The minimum atomic E-state index is -0.371. The number of aryl methyl sites for hydroxylation is 2. The summed E-state index contributed by atoms with van der Waals surface area (Å²) in [6.07, 6.45) is 2.25. The van der Waals surface area contributed by atoms with Crippen molar-refractivity contribution in [2.75, 3.05) is 0 Å². The fourth-order valence-electron chi connectivity index (χ4n) is 4.60. The number of pyridine rings is 1. The lowest BCUT2D eigenvalue weighted by Crippen LogP contribution is -2.29. The second kappa shape index (κ2) is 6.66. The first-order valence-corrected chi connectivity index (χ1v) is 9.50. The van der Waals surface area contributed by atoms with Crippen LogP contribution in [0.25, 0.3) is 10.9 Å². The maximum atomic E-state index is 12.1. The molecule has 2 atom stereocenters. The molecule has 1 aliphatic rings. The lowest BCUT2D eigenvalue weighted by atomic mass is 9.67. The highest BCUT2D eigenvalue weighted by atomic mass is 16.1. The molecule has 1 aliphatic carbocycles. The third-order valence-corrected chi connectivity index (χ3v) is 6.26. The van der Waals surface area contributed by atoms with E-state index in [1.54, 1.807) is 6.92 Å². The van der Waals surface area contributed by atoms with Gasteiger partial charge < -0.3 is 4.98 Å². The number of nitrogens with zero attached hydrogens (tertiary/aromatic N) is 2. The first-order valence-electron chi connectivity index (χ1n) is 9.50. The van der Waals surface area contributed by atoms with Crippen LogP contribution in [0.4, 0.5) is 0 Å². The van der Waals surface area contributed by atoms with Crippen LogP contribution in [-0.2, 0) is 11.8 Å². The highest BCUT2D eigenvalue weighted by Gasteiger charge is 2.40. The maximum absolute atomic E-state index is 12.1. The van der Waals surface area contributed by atoms with Gasteiger partial charge in [-0.2, -0.15) is 10.5 Å². The normalized spacial score (nSPS) is 17.5. The molecule has 2 aromatic carbocycles. The second-order valence-corrected chi connectivity index (χ2v) is 7.95. The Morgan fingerprint density at radius 2 is 2.00 bits per heavy atom. The van der Waals surface area contributed by atoms with Crippen molar-refractivity contribution in [1.82, 2.24) is 4.98 Å². The topological polar surface area (TPSA) is 80.4 Å². The quantitative estimate of drug-likeness (QED) is 0.734. The zero-order valence-electron chi connectivity index (χ0n) is 16.0. The Kier molecular flexibility index (Phi) is 4.28. The van der Waals surface area contributed by atoms with E-state index in [4.69, 9.17) is 0 Å². The number of hydrogen-bond acceptors (Lipinski definition) is 3. The molecule has 1 aromatic heterocycles. The van der Waals surface area contributed by atoms with Gasteiger partial charge in [0.05, 0.1) is 17.7 Å². The molecule has 28 heavy (non-hydrogen) atoms. The molecule has 0 unspecified atom stereocenters. The van der Waals surface area contributed by atoms with Crippen LogP contribution >= 0.6 is 0 Å². The van der Waals surface area contributed by atoms with Crippen LogP contribution < -0.4 is 5.56 Å². The van der Waals surface area contributed by atoms with E-state index in [2.05, 4.69) is 30.1 Å². The van der Waals surface area contributed by atoms with Crippen molar-refractivity contribution in [3.05, 3.63) is 80.6 Å². The summed E-state index contributed by atoms with van der Waals surface area (Å²) in [5.41, 5.74) is 5.22. The summed E-state index contributed by atoms with van der Waals surface area (Å²) < 4.78 is 0. The Balaban J connectivity index is 1.85. The summed E-state index contributed by atoms with van der Waals surface area (Å²) in [6, 6.07) is 18.5. The molecular weight excluding hydrogens is 346 g/mol. The summed E-state index contributed by atoms with van der Waals surface area (Å²) in [6.45, 7) is 3.94. The van der Waals surface area contributed by atoms with Crippen LogP contribution in [0.1, 0.15) is 53.5 Å². The Morgan fingerprint density at radius 1 is 1.18 bits per heavy atom. The van der Waals surface area contributed by atoms with E-state index in [-0.39, 0.29) is 16.9 Å². The third kappa shape index (κ3) is 2.79. The molecule has 4 rings (SSSR count). The molecule has 3 aromatic rings. The van der Waals surface area contributed by atoms with Gasteiger partial charge in [-0.3, -0.25) is 4.79 Å². The average molecular weight is 367 g/mol. The predicted molar refractivity (Wildman–Crippen MR) is 109 cm³/mol. The minimum absolute atomic E-state index is 0.0816. The number of rotatable bonds is 3. The molecule has 4 nitrogen and oxygen atoms in total. The van der Waals surface area contributed by atoms with Crippen molar-refractivity contribution < 1.29 is 0 Å². The van der Waals surface area contributed by atoms with Crippen LogP contribution in [0.2, 0.25) is 0 Å². The number of H-pyrrole nitrogens is 1. The lowest BCUT2D eigenvalue weighted by Gasteiger charge is -2.35. The first-order chi connectivity index (χ1) is 13.5. The molecule has 0 radical (unpaired) electrons. The number of benzene rings is 2. The SMILES string of the molecule is Cc1cc2ccc([C@@](C)(CC#N)[C@@H]3CCc4cc(C#N)ccc43)cc2[nH]c1=O. The summed E-state index contributed by atoms with van der Waals surface area (Å²) in [5.74, 6) is 0.199. The van der Waals surface area contributed by atoms with Crippen molar-refractivity contribution in [2.45, 2.75) is 44.4 Å². The van der Waals surface area contributed by atoms with E-state index in [0.29, 0.717) is 17.5 Å². The molecule has 0 saturated carbocycles. The van der Waals surface area contributed by atoms with E-state index in [9.17, 15) is 15.3 Å². The highest BCUT2D eigenvalue weighted by Crippen LogP contribution is 2.49. The predicted octanol–water partition coefficient (Wildman–Crippen LogP) is 4.61. The van der Waals surface area contributed by atoms with Crippen LogP contribution in [0.15, 0.2) is 47.3 Å². The van der Waals surface area contributed by atoms with Gasteiger partial charge in [0.1, 0.15) is 0 Å². The van der Waals surface area contributed by atoms with E-state index in [1.165, 1.54) is 11.1 Å². The monoisotopic (exact) mass is 367 g/mol. The van der Waals surface area contributed by atoms with Crippen LogP contribution in [0, 0.1) is 29.6 Å². The number of nitriles is 2. The Labute approximate surface area is 164 Å². The van der Waals surface area contributed by atoms with Crippen molar-refractivity contribution in [2.24, 2.45) is 0 Å². The van der Waals surface area contributed by atoms with Crippen molar-refractivity contribution >= 4 is 10.9 Å². The third-order valence-electron chi connectivity index (χ3n) is 6.26. The molecule has 0 spiro atoms. The lowest BCUT2D eigenvalue weighted by molar-refractivity contribution is 0.380. The van der Waals surface area contributed by atoms with Gasteiger partial charge in [-0.25, -0.2) is 0 Å². The van der Waals surface area contributed by atoms with Crippen molar-refractivity contribution in [3.63, 3.8) is 0 Å². The zero-order valence-corrected chi connectivity index (χ0v) is 16.0. The van der Waals surface area contributed by atoms with Gasteiger partial charge in [0, 0.05) is 22.9 Å². The van der Waals surface area contributed by atoms with Crippen molar-refractivity contribution in [3.8, 4) is 12.1 Å². The summed E-state index contributed by atoms with van der Waals surface area (Å²) in [4.78, 5) is 15.0. The van der Waals surface area contributed by atoms with E-state index in [0.717, 1.165) is 29.3 Å². The van der Waals surface area contributed by atoms with E-state index < -0.39 is 0 Å². The second-order valence-electron chi connectivity index (χ2n) is 7.95. The number of aromatic nitrogens is 1. The summed E-state index contributed by atoms with van der Waals surface area (Å²) >= 11 is 0. The largest absolute Gasteiger partial charge is 0.322 e.